The number of aliphatic carboxylic acids is 1. The molecule has 1 aliphatic carbocycles. The van der Waals surface area contributed by atoms with Crippen LogP contribution in [-0.2, 0) is 4.79 Å². The maximum Gasteiger partial charge on any atom is 0.306 e. The Morgan fingerprint density at radius 2 is 2.15 bits per heavy atom. The lowest BCUT2D eigenvalue weighted by Gasteiger charge is -2.43. The zero-order valence-corrected chi connectivity index (χ0v) is 8.07. The second-order valence-corrected chi connectivity index (χ2v) is 4.38. The minimum Gasteiger partial charge on any atom is -0.481 e. The normalized spacial score (nSPS) is 40.2. The molecule has 1 aliphatic heterocycles. The van der Waals surface area contributed by atoms with Gasteiger partial charge in [-0.2, -0.15) is 0 Å². The molecule has 2 aliphatic rings. The van der Waals surface area contributed by atoms with Gasteiger partial charge < -0.3 is 5.11 Å². The predicted octanol–water partition coefficient (Wildman–Crippen LogP) is 1.33. The summed E-state index contributed by atoms with van der Waals surface area (Å²) in [6.07, 6.45) is 4.12. The van der Waals surface area contributed by atoms with Gasteiger partial charge in [0.2, 0.25) is 0 Å². The molecule has 0 amide bonds. The van der Waals surface area contributed by atoms with Crippen molar-refractivity contribution in [1.82, 2.24) is 4.90 Å². The Bertz CT molecular complexity index is 217. The van der Waals surface area contributed by atoms with Gasteiger partial charge >= 0.3 is 5.97 Å². The van der Waals surface area contributed by atoms with Crippen molar-refractivity contribution in [2.45, 2.75) is 44.7 Å². The van der Waals surface area contributed by atoms with Crippen LogP contribution in [0.3, 0.4) is 0 Å². The molecule has 13 heavy (non-hydrogen) atoms. The quantitative estimate of drug-likeness (QED) is 0.702. The van der Waals surface area contributed by atoms with Gasteiger partial charge in [0.1, 0.15) is 0 Å². The van der Waals surface area contributed by atoms with Crippen molar-refractivity contribution in [3.63, 3.8) is 0 Å². The molecule has 1 saturated heterocycles. The number of carbonyl (C=O) groups is 1. The van der Waals surface area contributed by atoms with E-state index in [1.165, 1.54) is 13.0 Å². The zero-order chi connectivity index (χ0) is 9.42. The Morgan fingerprint density at radius 1 is 1.38 bits per heavy atom. The molecule has 1 N–H and O–H groups in total. The summed E-state index contributed by atoms with van der Waals surface area (Å²) in [5, 5.41) is 8.85. The van der Waals surface area contributed by atoms with Gasteiger partial charge in [-0.1, -0.05) is 0 Å². The van der Waals surface area contributed by atoms with E-state index in [0.29, 0.717) is 12.1 Å². The highest BCUT2D eigenvalue weighted by molar-refractivity contribution is 5.70. The third-order valence-electron chi connectivity index (χ3n) is 3.59. The van der Waals surface area contributed by atoms with Crippen molar-refractivity contribution in [2.24, 2.45) is 5.92 Å². The first kappa shape index (κ1) is 9.00. The van der Waals surface area contributed by atoms with Crippen molar-refractivity contribution < 1.29 is 9.90 Å². The van der Waals surface area contributed by atoms with Gasteiger partial charge in [-0.05, 0) is 32.6 Å². The third kappa shape index (κ3) is 1.57. The van der Waals surface area contributed by atoms with E-state index in [-0.39, 0.29) is 5.92 Å². The van der Waals surface area contributed by atoms with Crippen LogP contribution in [-0.4, -0.2) is 34.6 Å². The topological polar surface area (TPSA) is 40.5 Å². The second kappa shape index (κ2) is 3.29. The van der Waals surface area contributed by atoms with Gasteiger partial charge in [0.25, 0.3) is 0 Å². The van der Waals surface area contributed by atoms with Gasteiger partial charge in [-0.15, -0.1) is 0 Å². The van der Waals surface area contributed by atoms with Gasteiger partial charge in [-0.25, -0.2) is 0 Å². The molecule has 0 spiro atoms. The van der Waals surface area contributed by atoms with Crippen LogP contribution < -0.4 is 0 Å². The highest BCUT2D eigenvalue weighted by atomic mass is 16.4. The summed E-state index contributed by atoms with van der Waals surface area (Å²) in [5.74, 6) is -0.673. The van der Waals surface area contributed by atoms with E-state index in [9.17, 15) is 4.79 Å². The summed E-state index contributed by atoms with van der Waals surface area (Å²) in [6, 6.07) is 1.25. The summed E-state index contributed by atoms with van der Waals surface area (Å²) >= 11 is 0. The number of nitrogens with zero attached hydrogens (tertiary/aromatic N) is 1. The molecular formula is C10H17NO2. The molecule has 1 heterocycles. The van der Waals surface area contributed by atoms with E-state index >= 15 is 0 Å². The Balaban J connectivity index is 1.87. The minimum atomic E-state index is -0.601. The molecule has 74 valence electrons. The summed E-state index contributed by atoms with van der Waals surface area (Å²) in [7, 11) is 0. The van der Waals surface area contributed by atoms with Crippen molar-refractivity contribution in [3.05, 3.63) is 0 Å². The van der Waals surface area contributed by atoms with Crippen LogP contribution >= 0.6 is 0 Å². The zero-order valence-electron chi connectivity index (χ0n) is 8.07. The largest absolute Gasteiger partial charge is 0.481 e. The molecular weight excluding hydrogens is 166 g/mol. The fourth-order valence-electron chi connectivity index (χ4n) is 2.56. The molecule has 0 aromatic heterocycles. The first-order valence-electron chi connectivity index (χ1n) is 5.17. The minimum absolute atomic E-state index is 0.0715. The molecule has 0 aromatic rings. The standard InChI is InChI=1S/C10H17NO2/c1-7-4-5-11(7)9-3-2-8(6-9)10(12)13/h7-9H,2-6H2,1H3,(H,12,13). The lowest BCUT2D eigenvalue weighted by Crippen LogP contribution is -2.50. The smallest absolute Gasteiger partial charge is 0.306 e. The maximum absolute atomic E-state index is 10.7. The molecule has 3 atom stereocenters. The molecule has 0 radical (unpaired) electrons. The van der Waals surface area contributed by atoms with E-state index in [1.807, 2.05) is 0 Å². The van der Waals surface area contributed by atoms with Gasteiger partial charge in [0.05, 0.1) is 5.92 Å². The van der Waals surface area contributed by atoms with E-state index < -0.39 is 5.97 Å². The number of carboxylic acid groups (broad SMARTS) is 1. The lowest BCUT2D eigenvalue weighted by atomic mass is 10.00. The highest BCUT2D eigenvalue weighted by Gasteiger charge is 2.37. The summed E-state index contributed by atoms with van der Waals surface area (Å²) in [6.45, 7) is 3.41. The first-order chi connectivity index (χ1) is 6.18. The van der Waals surface area contributed by atoms with Gasteiger partial charge in [0.15, 0.2) is 0 Å². The molecule has 0 aromatic carbocycles. The van der Waals surface area contributed by atoms with Crippen LogP contribution in [0.25, 0.3) is 0 Å². The molecule has 3 nitrogen and oxygen atoms in total. The van der Waals surface area contributed by atoms with Crippen molar-refractivity contribution in [3.8, 4) is 0 Å². The molecule has 1 saturated carbocycles. The number of hydrogen-bond donors (Lipinski definition) is 1. The SMILES string of the molecule is CC1CCN1C1CCC(C(=O)O)C1. The van der Waals surface area contributed by atoms with E-state index in [2.05, 4.69) is 11.8 Å². The Morgan fingerprint density at radius 3 is 2.54 bits per heavy atom. The Labute approximate surface area is 78.7 Å². The summed E-state index contributed by atoms with van der Waals surface area (Å²) in [5.41, 5.74) is 0. The number of hydrogen-bond acceptors (Lipinski definition) is 2. The molecule has 2 rings (SSSR count). The van der Waals surface area contributed by atoms with Gasteiger partial charge in [-0.3, -0.25) is 9.69 Å². The van der Waals surface area contributed by atoms with Crippen LogP contribution in [0.2, 0.25) is 0 Å². The van der Waals surface area contributed by atoms with E-state index in [4.69, 9.17) is 5.11 Å². The number of rotatable bonds is 2. The summed E-state index contributed by atoms with van der Waals surface area (Å²) < 4.78 is 0. The van der Waals surface area contributed by atoms with Crippen LogP contribution in [0.5, 0.6) is 0 Å². The van der Waals surface area contributed by atoms with Crippen LogP contribution in [0.15, 0.2) is 0 Å². The fraction of sp³-hybridized carbons (Fsp3) is 0.900. The molecule has 3 heteroatoms. The second-order valence-electron chi connectivity index (χ2n) is 4.38. The van der Waals surface area contributed by atoms with E-state index in [0.717, 1.165) is 19.3 Å². The highest BCUT2D eigenvalue weighted by Crippen LogP contribution is 2.34. The number of likely N-dealkylation sites (tertiary alicyclic amines) is 1. The Hall–Kier alpha value is -0.570. The van der Waals surface area contributed by atoms with Crippen LogP contribution in [0, 0.1) is 5.92 Å². The third-order valence-corrected chi connectivity index (χ3v) is 3.59. The van der Waals surface area contributed by atoms with Crippen LogP contribution in [0.1, 0.15) is 32.6 Å². The number of carboxylic acids is 1. The molecule has 3 unspecified atom stereocenters. The average molecular weight is 183 g/mol. The lowest BCUT2D eigenvalue weighted by molar-refractivity contribution is -0.141. The fourth-order valence-corrected chi connectivity index (χ4v) is 2.56. The molecule has 0 bridgehead atoms. The average Bonchev–Trinajstić information content (AvgIpc) is 2.50. The predicted molar refractivity (Wildman–Crippen MR) is 49.5 cm³/mol. The van der Waals surface area contributed by atoms with Crippen molar-refractivity contribution >= 4 is 5.97 Å². The summed E-state index contributed by atoms with van der Waals surface area (Å²) in [4.78, 5) is 13.2. The van der Waals surface area contributed by atoms with Gasteiger partial charge in [0, 0.05) is 18.6 Å². The van der Waals surface area contributed by atoms with Crippen molar-refractivity contribution in [2.75, 3.05) is 6.54 Å². The van der Waals surface area contributed by atoms with Crippen LogP contribution in [0.4, 0.5) is 0 Å². The Kier molecular flexibility index (Phi) is 2.28. The van der Waals surface area contributed by atoms with E-state index in [1.54, 1.807) is 0 Å². The van der Waals surface area contributed by atoms with Crippen molar-refractivity contribution in [1.29, 1.82) is 0 Å². The molecule has 2 fully saturated rings. The monoisotopic (exact) mass is 183 g/mol. The maximum atomic E-state index is 10.7. The first-order valence-corrected chi connectivity index (χ1v) is 5.17.